The highest BCUT2D eigenvalue weighted by molar-refractivity contribution is 6.12. The molecule has 0 atom stereocenters. The van der Waals surface area contributed by atoms with E-state index in [-0.39, 0.29) is 0 Å². The zero-order valence-corrected chi connectivity index (χ0v) is 36.6. The van der Waals surface area contributed by atoms with E-state index in [2.05, 4.69) is 128 Å². The van der Waals surface area contributed by atoms with Gasteiger partial charge in [0.25, 0.3) is 0 Å². The standard InChI is InChI=1S/C59H35N9O/c1-3-12-36(13-4-1)56-63-57(37-14-5-2-6-15-37)65-58(64-56)38-21-26-42(27-22-38)67-48-18-9-7-16-43(48)45-32-39(23-28-50(45)67)40-24-29-51-46(33-40)44-17-8-10-19-49(44)68(51)59-62-35-61-55(66-59)41-25-30-52-47(34-41)54-53(69-52)20-11-31-60-54/h1-35H. The van der Waals surface area contributed by atoms with Gasteiger partial charge >= 0.3 is 0 Å². The summed E-state index contributed by atoms with van der Waals surface area (Å²) in [6.07, 6.45) is 3.36. The lowest BCUT2D eigenvalue weighted by Crippen LogP contribution is -2.03. The maximum absolute atomic E-state index is 6.04. The molecule has 0 aliphatic carbocycles. The summed E-state index contributed by atoms with van der Waals surface area (Å²) in [7, 11) is 0. The Morgan fingerprint density at radius 1 is 0.319 bits per heavy atom. The van der Waals surface area contributed by atoms with Gasteiger partial charge in [0, 0.05) is 61.1 Å². The molecule has 0 unspecified atom stereocenters. The molecule has 14 rings (SSSR count). The fourth-order valence-corrected chi connectivity index (χ4v) is 9.77. The molecule has 322 valence electrons. The van der Waals surface area contributed by atoms with E-state index < -0.39 is 0 Å². The van der Waals surface area contributed by atoms with Gasteiger partial charge in [0.05, 0.1) is 22.1 Å². The quantitative estimate of drug-likeness (QED) is 0.155. The van der Waals surface area contributed by atoms with E-state index in [9.17, 15) is 0 Å². The first-order chi connectivity index (χ1) is 34.2. The van der Waals surface area contributed by atoms with Crippen LogP contribution in [0.3, 0.4) is 0 Å². The Morgan fingerprint density at radius 3 is 1.49 bits per heavy atom. The van der Waals surface area contributed by atoms with Gasteiger partial charge in [-0.3, -0.25) is 9.55 Å². The Morgan fingerprint density at radius 2 is 0.841 bits per heavy atom. The highest BCUT2D eigenvalue weighted by atomic mass is 16.3. The van der Waals surface area contributed by atoms with Gasteiger partial charge < -0.3 is 8.98 Å². The first-order valence-corrected chi connectivity index (χ1v) is 22.7. The van der Waals surface area contributed by atoms with Crippen LogP contribution in [0.1, 0.15) is 0 Å². The second-order valence-corrected chi connectivity index (χ2v) is 17.0. The summed E-state index contributed by atoms with van der Waals surface area (Å²) in [6, 6.07) is 68.9. The lowest BCUT2D eigenvalue weighted by atomic mass is 10.0. The van der Waals surface area contributed by atoms with Crippen molar-refractivity contribution in [1.82, 2.24) is 44.0 Å². The van der Waals surface area contributed by atoms with E-state index >= 15 is 0 Å². The fourth-order valence-electron chi connectivity index (χ4n) is 9.77. The lowest BCUT2D eigenvalue weighted by molar-refractivity contribution is 0.668. The van der Waals surface area contributed by atoms with Gasteiger partial charge in [-0.2, -0.15) is 4.98 Å². The number of aromatic nitrogens is 9. The molecule has 69 heavy (non-hydrogen) atoms. The summed E-state index contributed by atoms with van der Waals surface area (Å²) >= 11 is 0. The monoisotopic (exact) mass is 885 g/mol. The van der Waals surface area contributed by atoms with Gasteiger partial charge in [0.2, 0.25) is 5.95 Å². The normalized spacial score (nSPS) is 11.8. The molecule has 0 saturated heterocycles. The van der Waals surface area contributed by atoms with Crippen LogP contribution < -0.4 is 0 Å². The summed E-state index contributed by atoms with van der Waals surface area (Å²) in [5.41, 5.74) is 13.5. The van der Waals surface area contributed by atoms with Crippen molar-refractivity contribution in [3.05, 3.63) is 213 Å². The molecule has 0 saturated carbocycles. The number of hydrogen-bond acceptors (Lipinski definition) is 8. The van der Waals surface area contributed by atoms with Crippen molar-refractivity contribution in [2.24, 2.45) is 0 Å². The second-order valence-electron chi connectivity index (χ2n) is 17.0. The summed E-state index contributed by atoms with van der Waals surface area (Å²) in [6.45, 7) is 0. The van der Waals surface area contributed by atoms with Gasteiger partial charge in [-0.25, -0.2) is 24.9 Å². The number of hydrogen-bond donors (Lipinski definition) is 0. The van der Waals surface area contributed by atoms with E-state index in [1.807, 2.05) is 91.0 Å². The summed E-state index contributed by atoms with van der Waals surface area (Å²) in [5.74, 6) is 3.00. The van der Waals surface area contributed by atoms with Crippen LogP contribution in [0.5, 0.6) is 0 Å². The van der Waals surface area contributed by atoms with E-state index in [1.54, 1.807) is 12.5 Å². The van der Waals surface area contributed by atoms with E-state index in [1.165, 1.54) is 10.8 Å². The molecule has 0 bridgehead atoms. The molecule has 6 aromatic heterocycles. The van der Waals surface area contributed by atoms with Crippen molar-refractivity contribution in [3.63, 3.8) is 0 Å². The molecule has 0 radical (unpaired) electrons. The van der Waals surface area contributed by atoms with E-state index in [0.29, 0.717) is 29.2 Å². The number of furan rings is 1. The minimum atomic E-state index is 0.540. The molecule has 0 N–H and O–H groups in total. The van der Waals surface area contributed by atoms with E-state index in [4.69, 9.17) is 29.3 Å². The predicted octanol–water partition coefficient (Wildman–Crippen LogP) is 13.9. The summed E-state index contributed by atoms with van der Waals surface area (Å²) < 4.78 is 10.5. The van der Waals surface area contributed by atoms with Gasteiger partial charge in [0.15, 0.2) is 28.9 Å². The number of para-hydroxylation sites is 2. The smallest absolute Gasteiger partial charge is 0.238 e. The molecule has 0 fully saturated rings. The molecule has 10 heteroatoms. The minimum absolute atomic E-state index is 0.540. The van der Waals surface area contributed by atoms with E-state index in [0.717, 1.165) is 94.0 Å². The summed E-state index contributed by atoms with van der Waals surface area (Å²) in [4.78, 5) is 33.8. The van der Waals surface area contributed by atoms with Crippen molar-refractivity contribution < 1.29 is 4.42 Å². The van der Waals surface area contributed by atoms with Crippen LogP contribution in [0.4, 0.5) is 0 Å². The first-order valence-electron chi connectivity index (χ1n) is 22.7. The highest BCUT2D eigenvalue weighted by Crippen LogP contribution is 2.39. The van der Waals surface area contributed by atoms with Crippen molar-refractivity contribution in [3.8, 4) is 68.3 Å². The van der Waals surface area contributed by atoms with Crippen molar-refractivity contribution in [1.29, 1.82) is 0 Å². The van der Waals surface area contributed by atoms with Crippen LogP contribution >= 0.6 is 0 Å². The molecule has 14 aromatic rings. The Hall–Kier alpha value is -9.67. The lowest BCUT2D eigenvalue weighted by Gasteiger charge is -2.11. The topological polar surface area (TPSA) is 113 Å². The van der Waals surface area contributed by atoms with Crippen LogP contribution in [-0.2, 0) is 0 Å². The maximum Gasteiger partial charge on any atom is 0.238 e. The fraction of sp³-hybridized carbons (Fsp3) is 0. The molecule has 6 heterocycles. The largest absolute Gasteiger partial charge is 0.454 e. The zero-order valence-electron chi connectivity index (χ0n) is 36.6. The van der Waals surface area contributed by atoms with Crippen molar-refractivity contribution in [2.75, 3.05) is 0 Å². The Bertz CT molecular complexity index is 4250. The number of nitrogens with zero attached hydrogens (tertiary/aromatic N) is 9. The molecular formula is C59H35N9O. The third kappa shape index (κ3) is 6.38. The first kappa shape index (κ1) is 38.6. The summed E-state index contributed by atoms with van der Waals surface area (Å²) in [5, 5.41) is 5.48. The number of rotatable bonds is 7. The molecule has 0 spiro atoms. The third-order valence-corrected chi connectivity index (χ3v) is 13.0. The van der Waals surface area contributed by atoms with Crippen molar-refractivity contribution >= 4 is 65.7 Å². The predicted molar refractivity (Wildman–Crippen MR) is 274 cm³/mol. The van der Waals surface area contributed by atoms with Crippen LogP contribution in [0.15, 0.2) is 217 Å². The Balaban J connectivity index is 0.837. The Kier molecular flexibility index (Phi) is 8.65. The zero-order chi connectivity index (χ0) is 45.4. The second kappa shape index (κ2) is 15.5. The molecule has 10 nitrogen and oxygen atoms in total. The minimum Gasteiger partial charge on any atom is -0.454 e. The number of pyridine rings is 1. The van der Waals surface area contributed by atoms with Gasteiger partial charge in [0.1, 0.15) is 17.4 Å². The average molecular weight is 886 g/mol. The molecular weight excluding hydrogens is 851 g/mol. The highest BCUT2D eigenvalue weighted by Gasteiger charge is 2.19. The average Bonchev–Trinajstić information content (AvgIpc) is 4.08. The molecule has 8 aromatic carbocycles. The molecule has 0 aliphatic heterocycles. The van der Waals surface area contributed by atoms with Crippen LogP contribution in [0.2, 0.25) is 0 Å². The molecule has 0 aliphatic rings. The SMILES string of the molecule is c1ccc(-c2nc(-c3ccccc3)nc(-c3ccc(-n4c5ccccc5c5cc(-c6ccc7c(c6)c6ccccc6n7-c6ncnc(-c7ccc8oc9cccnc9c8c7)n6)ccc54)cc3)n2)cc1. The van der Waals surface area contributed by atoms with Crippen LogP contribution in [0, 0.1) is 0 Å². The number of benzene rings is 8. The van der Waals surface area contributed by atoms with Crippen LogP contribution in [-0.4, -0.2) is 44.0 Å². The van der Waals surface area contributed by atoms with Gasteiger partial charge in [-0.15, -0.1) is 0 Å². The molecule has 0 amide bonds. The van der Waals surface area contributed by atoms with Crippen molar-refractivity contribution in [2.45, 2.75) is 0 Å². The Labute approximate surface area is 393 Å². The maximum atomic E-state index is 6.04. The van der Waals surface area contributed by atoms with Gasteiger partial charge in [-0.05, 0) is 102 Å². The third-order valence-electron chi connectivity index (χ3n) is 13.0. The van der Waals surface area contributed by atoms with Crippen LogP contribution in [0.25, 0.3) is 134 Å². The van der Waals surface area contributed by atoms with Gasteiger partial charge in [-0.1, -0.05) is 109 Å². The number of fused-ring (bicyclic) bond motifs is 9.